The zero-order valence-electron chi connectivity index (χ0n) is 25.7. The molecule has 2 heterocycles. The number of benzene rings is 2. The highest BCUT2D eigenvalue weighted by Gasteiger charge is 2.34. The van der Waals surface area contributed by atoms with Crippen molar-refractivity contribution in [3.63, 3.8) is 0 Å². The normalized spacial score (nSPS) is 16.5. The number of rotatable bonds is 7. The lowest BCUT2D eigenvalue weighted by molar-refractivity contribution is -0.139. The van der Waals surface area contributed by atoms with Crippen molar-refractivity contribution in [3.05, 3.63) is 64.3 Å². The van der Waals surface area contributed by atoms with Crippen LogP contribution in [0.25, 0.3) is 10.9 Å². The van der Waals surface area contributed by atoms with Crippen molar-refractivity contribution in [2.75, 3.05) is 40.4 Å². The van der Waals surface area contributed by atoms with Crippen LogP contribution >= 0.6 is 0 Å². The molecule has 44 heavy (non-hydrogen) atoms. The van der Waals surface area contributed by atoms with Gasteiger partial charge in [-0.3, -0.25) is 14.4 Å². The molecule has 0 N–H and O–H groups in total. The van der Waals surface area contributed by atoms with E-state index >= 15 is 0 Å². The van der Waals surface area contributed by atoms with Crippen LogP contribution in [0, 0.1) is 18.3 Å². The molecule has 1 aliphatic heterocycles. The van der Waals surface area contributed by atoms with Gasteiger partial charge in [0, 0.05) is 55.9 Å². The zero-order valence-corrected chi connectivity index (χ0v) is 25.7. The van der Waals surface area contributed by atoms with Crippen LogP contribution in [-0.2, 0) is 16.0 Å². The van der Waals surface area contributed by atoms with E-state index in [-0.39, 0.29) is 24.2 Å². The minimum absolute atomic E-state index is 0.112. The summed E-state index contributed by atoms with van der Waals surface area (Å²) in [5, 5.41) is 10.6. The number of alkyl halides is 3. The Morgan fingerprint density at radius 1 is 1.09 bits per heavy atom. The van der Waals surface area contributed by atoms with Gasteiger partial charge in [0.2, 0.25) is 0 Å². The summed E-state index contributed by atoms with van der Waals surface area (Å²) in [4.78, 5) is 29.2. The van der Waals surface area contributed by atoms with E-state index in [0.717, 1.165) is 16.5 Å². The minimum atomic E-state index is -4.29. The van der Waals surface area contributed by atoms with Crippen LogP contribution in [0.4, 0.5) is 18.0 Å². The molecule has 0 aliphatic carbocycles. The van der Waals surface area contributed by atoms with Gasteiger partial charge in [0.25, 0.3) is 0 Å². The smallest absolute Gasteiger partial charge is 0.419 e. The number of nitriles is 1. The van der Waals surface area contributed by atoms with Crippen molar-refractivity contribution < 1.29 is 37.0 Å². The molecule has 0 saturated carbocycles. The van der Waals surface area contributed by atoms with Crippen molar-refractivity contribution >= 4 is 23.0 Å². The SMILES string of the molecule is COC(=O)c1ccc(C2CN(CCC(F)(F)F)CCN2Cc2c(OC)cc(C)c3c2ccn3C(=O)OC(C)(C)C)cc1C#N. The van der Waals surface area contributed by atoms with E-state index < -0.39 is 36.3 Å². The van der Waals surface area contributed by atoms with Gasteiger partial charge < -0.3 is 14.2 Å². The predicted octanol–water partition coefficient (Wildman–Crippen LogP) is 6.21. The van der Waals surface area contributed by atoms with Crippen molar-refractivity contribution in [3.8, 4) is 11.8 Å². The second-order valence-corrected chi connectivity index (χ2v) is 11.9. The monoisotopic (exact) mass is 614 g/mol. The fourth-order valence-corrected chi connectivity index (χ4v) is 5.59. The lowest BCUT2D eigenvalue weighted by atomic mass is 9.96. The fraction of sp³-hybridized carbons (Fsp3) is 0.469. The highest BCUT2D eigenvalue weighted by molar-refractivity contribution is 5.95. The lowest BCUT2D eigenvalue weighted by Gasteiger charge is -2.42. The molecule has 2 aromatic carbocycles. The standard InChI is InChI=1S/C32H37F3N4O5/c1-20-15-27(42-5)25(24-9-11-39(28(20)24)30(41)44-31(2,3)4)18-38-14-13-37(12-10-32(33,34)35)19-26(38)21-7-8-23(29(40)43-6)22(16-21)17-36/h7-9,11,15-16,26H,10,12-14,18-19H2,1-6H3. The maximum Gasteiger partial charge on any atom is 0.419 e. The van der Waals surface area contributed by atoms with Crippen molar-refractivity contribution in [1.82, 2.24) is 14.4 Å². The summed E-state index contributed by atoms with van der Waals surface area (Å²) < 4.78 is 57.0. The summed E-state index contributed by atoms with van der Waals surface area (Å²) >= 11 is 0. The molecular weight excluding hydrogens is 577 g/mol. The average Bonchev–Trinajstić information content (AvgIpc) is 3.42. The third-order valence-electron chi connectivity index (χ3n) is 7.64. The number of aryl methyl sites for hydroxylation is 1. The van der Waals surface area contributed by atoms with E-state index in [9.17, 15) is 28.0 Å². The number of esters is 1. The number of ether oxygens (including phenoxy) is 3. The average molecular weight is 615 g/mol. The second-order valence-electron chi connectivity index (χ2n) is 11.9. The number of hydrogen-bond donors (Lipinski definition) is 0. The van der Waals surface area contributed by atoms with Crippen LogP contribution < -0.4 is 4.74 Å². The number of halogens is 3. The van der Waals surface area contributed by atoms with Gasteiger partial charge >= 0.3 is 18.2 Å². The first kappa shape index (κ1) is 32.8. The number of hydrogen-bond acceptors (Lipinski definition) is 8. The predicted molar refractivity (Wildman–Crippen MR) is 158 cm³/mol. The Hall–Kier alpha value is -4.08. The first-order valence-corrected chi connectivity index (χ1v) is 14.2. The number of nitrogens with zero attached hydrogens (tertiary/aromatic N) is 4. The van der Waals surface area contributed by atoms with E-state index in [1.54, 1.807) is 51.1 Å². The highest BCUT2D eigenvalue weighted by atomic mass is 19.4. The fourth-order valence-electron chi connectivity index (χ4n) is 5.59. The van der Waals surface area contributed by atoms with Crippen LogP contribution in [0.1, 0.15) is 65.8 Å². The Balaban J connectivity index is 1.76. The third kappa shape index (κ3) is 7.34. The second kappa shape index (κ2) is 12.9. The van der Waals surface area contributed by atoms with Crippen LogP contribution in [0.15, 0.2) is 36.5 Å². The molecule has 0 radical (unpaired) electrons. The van der Waals surface area contributed by atoms with Crippen LogP contribution in [0.3, 0.4) is 0 Å². The molecule has 0 spiro atoms. The molecule has 3 aromatic rings. The summed E-state index contributed by atoms with van der Waals surface area (Å²) in [7, 11) is 2.79. The quantitative estimate of drug-likeness (QED) is 0.290. The van der Waals surface area contributed by atoms with E-state index in [1.165, 1.54) is 17.7 Å². The minimum Gasteiger partial charge on any atom is -0.496 e. The summed E-state index contributed by atoms with van der Waals surface area (Å²) in [5.74, 6) is -0.0457. The molecule has 4 rings (SSSR count). The Morgan fingerprint density at radius 2 is 1.82 bits per heavy atom. The van der Waals surface area contributed by atoms with E-state index in [2.05, 4.69) is 4.90 Å². The number of fused-ring (bicyclic) bond motifs is 1. The zero-order chi connectivity index (χ0) is 32.4. The van der Waals surface area contributed by atoms with Crippen molar-refractivity contribution in [2.24, 2.45) is 0 Å². The molecule has 0 amide bonds. The topological polar surface area (TPSA) is 97.0 Å². The Bertz CT molecular complexity index is 1590. The number of aromatic nitrogens is 1. The van der Waals surface area contributed by atoms with E-state index in [1.807, 2.05) is 25.1 Å². The summed E-state index contributed by atoms with van der Waals surface area (Å²) in [5.41, 5.74) is 2.50. The number of methoxy groups -OCH3 is 2. The van der Waals surface area contributed by atoms with Gasteiger partial charge in [-0.15, -0.1) is 0 Å². The van der Waals surface area contributed by atoms with Gasteiger partial charge in [-0.05, 0) is 63.1 Å². The number of carbonyl (C=O) groups excluding carboxylic acids is 2. The molecular formula is C32H37F3N4O5. The Morgan fingerprint density at radius 3 is 2.43 bits per heavy atom. The summed E-state index contributed by atoms with van der Waals surface area (Å²) in [6.07, 6.45) is -4.08. The lowest BCUT2D eigenvalue weighted by Crippen LogP contribution is -2.48. The number of piperazine rings is 1. The first-order chi connectivity index (χ1) is 20.7. The first-order valence-electron chi connectivity index (χ1n) is 14.2. The van der Waals surface area contributed by atoms with E-state index in [4.69, 9.17) is 14.2 Å². The molecule has 236 valence electrons. The summed E-state index contributed by atoms with van der Waals surface area (Å²) in [6.45, 7) is 8.54. The van der Waals surface area contributed by atoms with Gasteiger partial charge in [-0.2, -0.15) is 18.4 Å². The van der Waals surface area contributed by atoms with Crippen molar-refractivity contribution in [2.45, 2.75) is 58.5 Å². The molecule has 1 aliphatic rings. The molecule has 9 nitrogen and oxygen atoms in total. The van der Waals surface area contributed by atoms with Gasteiger partial charge in [0.1, 0.15) is 17.4 Å². The maximum atomic E-state index is 13.1. The molecule has 1 unspecified atom stereocenters. The van der Waals surface area contributed by atoms with Crippen LogP contribution in [0.5, 0.6) is 5.75 Å². The Kier molecular flexibility index (Phi) is 9.61. The van der Waals surface area contributed by atoms with Crippen molar-refractivity contribution in [1.29, 1.82) is 5.26 Å². The van der Waals surface area contributed by atoms with Gasteiger partial charge in [-0.1, -0.05) is 6.07 Å². The molecule has 1 fully saturated rings. The molecule has 0 bridgehead atoms. The molecule has 1 aromatic heterocycles. The van der Waals surface area contributed by atoms with Crippen LogP contribution in [0.2, 0.25) is 0 Å². The van der Waals surface area contributed by atoms with Gasteiger partial charge in [-0.25, -0.2) is 9.59 Å². The van der Waals surface area contributed by atoms with Gasteiger partial charge in [0.05, 0.1) is 37.3 Å². The van der Waals surface area contributed by atoms with Crippen LogP contribution in [-0.4, -0.2) is 78.6 Å². The number of carbonyl (C=O) groups is 2. The molecule has 12 heteroatoms. The molecule has 1 saturated heterocycles. The molecule has 1 atom stereocenters. The third-order valence-corrected chi connectivity index (χ3v) is 7.64. The maximum absolute atomic E-state index is 13.1. The van der Waals surface area contributed by atoms with E-state index in [0.29, 0.717) is 36.5 Å². The Labute approximate surface area is 254 Å². The largest absolute Gasteiger partial charge is 0.496 e. The van der Waals surface area contributed by atoms with Gasteiger partial charge in [0.15, 0.2) is 0 Å². The highest BCUT2D eigenvalue weighted by Crippen LogP contribution is 2.37. The summed E-state index contributed by atoms with van der Waals surface area (Å²) in [6, 6.07) is 10.1.